The van der Waals surface area contributed by atoms with Gasteiger partial charge in [-0.2, -0.15) is 0 Å². The van der Waals surface area contributed by atoms with Gasteiger partial charge in [-0.3, -0.25) is 4.79 Å². The van der Waals surface area contributed by atoms with E-state index in [-0.39, 0.29) is 5.78 Å². The number of nitrogens with one attached hydrogen (secondary N) is 1. The molecule has 116 valence electrons. The van der Waals surface area contributed by atoms with Crippen molar-refractivity contribution in [3.63, 3.8) is 0 Å². The third kappa shape index (κ3) is 4.86. The molecule has 1 aromatic rings. The summed E-state index contributed by atoms with van der Waals surface area (Å²) in [4.78, 5) is 24.1. The van der Waals surface area contributed by atoms with Crippen molar-refractivity contribution in [2.75, 3.05) is 7.11 Å². The topological polar surface area (TPSA) is 55.4 Å². The minimum Gasteiger partial charge on any atom is -0.467 e. The summed E-state index contributed by atoms with van der Waals surface area (Å²) in [5, 5.41) is 0. The van der Waals surface area contributed by atoms with E-state index in [0.29, 0.717) is 12.2 Å². The van der Waals surface area contributed by atoms with Crippen molar-refractivity contribution in [1.82, 2.24) is 4.72 Å². The fourth-order valence-corrected chi connectivity index (χ4v) is 3.03. The van der Waals surface area contributed by atoms with Gasteiger partial charge in [0.15, 0.2) is 11.3 Å². The van der Waals surface area contributed by atoms with E-state index in [1.54, 1.807) is 0 Å². The molecule has 0 saturated heterocycles. The molecule has 1 N–H and O–H groups in total. The molecular weight excluding hydrogens is 286 g/mol. The quantitative estimate of drug-likeness (QED) is 0.431. The highest BCUT2D eigenvalue weighted by Gasteiger charge is 2.43. The molecule has 0 saturated carbocycles. The fraction of sp³-hybridized carbons (Fsp3) is 0.500. The van der Waals surface area contributed by atoms with Crippen LogP contribution in [0.5, 0.6) is 0 Å². The molecule has 0 aromatic heterocycles. The summed E-state index contributed by atoms with van der Waals surface area (Å²) in [6.07, 6.45) is 2.15. The maximum absolute atomic E-state index is 12.1. The first-order valence-electron chi connectivity index (χ1n) is 7.09. The molecule has 21 heavy (non-hydrogen) atoms. The molecule has 0 fully saturated rings. The highest BCUT2D eigenvalue weighted by atomic mass is 32.2. The van der Waals surface area contributed by atoms with Crippen LogP contribution in [0.4, 0.5) is 0 Å². The van der Waals surface area contributed by atoms with Gasteiger partial charge in [0, 0.05) is 5.75 Å². The Hall–Kier alpha value is -1.33. The zero-order chi connectivity index (χ0) is 15.7. The summed E-state index contributed by atoms with van der Waals surface area (Å²) in [5.74, 6) is -0.0358. The number of carbonyl (C=O) groups excluding carboxylic acids is 2. The van der Waals surface area contributed by atoms with Crippen LogP contribution in [-0.2, 0) is 20.1 Å². The Kier molecular flexibility index (Phi) is 7.47. The van der Waals surface area contributed by atoms with Crippen LogP contribution in [0, 0.1) is 0 Å². The lowest BCUT2D eigenvalue weighted by molar-refractivity contribution is -0.152. The van der Waals surface area contributed by atoms with Gasteiger partial charge in [0.1, 0.15) is 0 Å². The monoisotopic (exact) mass is 309 g/mol. The molecule has 1 unspecified atom stereocenters. The fourth-order valence-electron chi connectivity index (χ4n) is 2.02. The van der Waals surface area contributed by atoms with Gasteiger partial charge < -0.3 is 4.74 Å². The van der Waals surface area contributed by atoms with E-state index < -0.39 is 11.5 Å². The number of ether oxygens (including phenoxy) is 1. The molecule has 0 amide bonds. The molecule has 0 heterocycles. The predicted octanol–water partition coefficient (Wildman–Crippen LogP) is 3.12. The maximum Gasteiger partial charge on any atom is 0.334 e. The van der Waals surface area contributed by atoms with Crippen LogP contribution in [-0.4, -0.2) is 24.4 Å². The number of hydrogen-bond donors (Lipinski definition) is 1. The van der Waals surface area contributed by atoms with E-state index in [4.69, 9.17) is 4.74 Å². The van der Waals surface area contributed by atoms with Crippen LogP contribution in [0.25, 0.3) is 0 Å². The zero-order valence-corrected chi connectivity index (χ0v) is 13.7. The second kappa shape index (κ2) is 8.85. The van der Waals surface area contributed by atoms with Gasteiger partial charge in [-0.15, -0.1) is 0 Å². The number of carbonyl (C=O) groups is 2. The molecule has 0 aliphatic carbocycles. The summed E-state index contributed by atoms with van der Waals surface area (Å²) in [7, 11) is 1.31. The number of rotatable bonds is 9. The van der Waals surface area contributed by atoms with Crippen molar-refractivity contribution in [3.8, 4) is 0 Å². The highest BCUT2D eigenvalue weighted by Crippen LogP contribution is 2.22. The van der Waals surface area contributed by atoms with Gasteiger partial charge in [0.2, 0.25) is 0 Å². The van der Waals surface area contributed by atoms with Gasteiger partial charge in [-0.1, -0.05) is 62.0 Å². The molecule has 5 heteroatoms. The Morgan fingerprint density at radius 3 is 2.48 bits per heavy atom. The van der Waals surface area contributed by atoms with Crippen LogP contribution >= 0.6 is 11.9 Å². The average molecular weight is 309 g/mol. The first-order valence-corrected chi connectivity index (χ1v) is 8.07. The first-order chi connectivity index (χ1) is 10.1. The second-order valence-corrected chi connectivity index (χ2v) is 5.71. The van der Waals surface area contributed by atoms with Crippen molar-refractivity contribution in [2.24, 2.45) is 0 Å². The summed E-state index contributed by atoms with van der Waals surface area (Å²) in [6.45, 7) is 3.46. The van der Waals surface area contributed by atoms with Crippen molar-refractivity contribution >= 4 is 23.7 Å². The first kappa shape index (κ1) is 17.7. The Labute approximate surface area is 130 Å². The predicted molar refractivity (Wildman–Crippen MR) is 85.8 cm³/mol. The number of unbranched alkanes of at least 4 members (excludes halogenated alkanes) is 1. The number of ketones is 1. The Morgan fingerprint density at radius 2 is 1.95 bits per heavy atom. The molecule has 0 radical (unpaired) electrons. The Morgan fingerprint density at radius 1 is 1.29 bits per heavy atom. The number of esters is 1. The SMILES string of the molecule is CCCCC(NSCc1ccccc1)(C(C)=O)C(=O)OC. The van der Waals surface area contributed by atoms with Crippen LogP contribution in [0.15, 0.2) is 30.3 Å². The molecule has 0 aliphatic rings. The third-order valence-corrected chi connectivity index (χ3v) is 4.34. The highest BCUT2D eigenvalue weighted by molar-refractivity contribution is 7.96. The average Bonchev–Trinajstić information content (AvgIpc) is 2.50. The number of hydrogen-bond acceptors (Lipinski definition) is 5. The molecule has 0 aliphatic heterocycles. The van der Waals surface area contributed by atoms with Crippen LogP contribution in [0.1, 0.15) is 38.7 Å². The molecule has 1 rings (SSSR count). The van der Waals surface area contributed by atoms with E-state index in [1.807, 2.05) is 37.3 Å². The van der Waals surface area contributed by atoms with Gasteiger partial charge in [-0.25, -0.2) is 9.52 Å². The standard InChI is InChI=1S/C16H23NO3S/c1-4-5-11-16(13(2)18,15(19)20-3)17-21-12-14-9-7-6-8-10-14/h6-10,17H,4-5,11-12H2,1-3H3. The molecule has 1 aromatic carbocycles. The van der Waals surface area contributed by atoms with Crippen LogP contribution < -0.4 is 4.72 Å². The number of Topliss-reactive ketones (excluding diaryl/α,β-unsaturated/α-hetero) is 1. The van der Waals surface area contributed by atoms with Crippen molar-refractivity contribution in [3.05, 3.63) is 35.9 Å². The lowest BCUT2D eigenvalue weighted by Crippen LogP contribution is -2.55. The van der Waals surface area contributed by atoms with E-state index in [2.05, 4.69) is 4.72 Å². The Bertz CT molecular complexity index is 464. The molecule has 4 nitrogen and oxygen atoms in total. The van der Waals surface area contributed by atoms with Gasteiger partial charge >= 0.3 is 5.97 Å². The molecule has 0 bridgehead atoms. The third-order valence-electron chi connectivity index (χ3n) is 3.37. The largest absolute Gasteiger partial charge is 0.467 e. The molecular formula is C16H23NO3S. The van der Waals surface area contributed by atoms with E-state index in [1.165, 1.54) is 26.0 Å². The summed E-state index contributed by atoms with van der Waals surface area (Å²) >= 11 is 1.36. The van der Waals surface area contributed by atoms with Crippen LogP contribution in [0.2, 0.25) is 0 Å². The van der Waals surface area contributed by atoms with E-state index >= 15 is 0 Å². The summed E-state index contributed by atoms with van der Waals surface area (Å²) in [5.41, 5.74) is -0.114. The van der Waals surface area contributed by atoms with Crippen molar-refractivity contribution in [2.45, 2.75) is 44.4 Å². The maximum atomic E-state index is 12.1. The lowest BCUT2D eigenvalue weighted by Gasteiger charge is -2.29. The molecule has 0 spiro atoms. The van der Waals surface area contributed by atoms with Crippen molar-refractivity contribution < 1.29 is 14.3 Å². The Balaban J connectivity index is 2.76. The molecule has 1 atom stereocenters. The van der Waals surface area contributed by atoms with E-state index in [9.17, 15) is 9.59 Å². The van der Waals surface area contributed by atoms with Gasteiger partial charge in [0.25, 0.3) is 0 Å². The zero-order valence-electron chi connectivity index (χ0n) is 12.8. The number of benzene rings is 1. The second-order valence-electron chi connectivity index (χ2n) is 4.93. The lowest BCUT2D eigenvalue weighted by atomic mass is 9.90. The van der Waals surface area contributed by atoms with E-state index in [0.717, 1.165) is 18.4 Å². The van der Waals surface area contributed by atoms with Crippen LogP contribution in [0.3, 0.4) is 0 Å². The summed E-state index contributed by atoms with van der Waals surface area (Å²) in [6, 6.07) is 9.90. The van der Waals surface area contributed by atoms with Crippen molar-refractivity contribution in [1.29, 1.82) is 0 Å². The minimum absolute atomic E-state index is 0.205. The normalized spacial score (nSPS) is 13.5. The van der Waals surface area contributed by atoms with Gasteiger partial charge in [-0.05, 0) is 18.9 Å². The minimum atomic E-state index is -1.25. The number of methoxy groups -OCH3 is 1. The smallest absolute Gasteiger partial charge is 0.334 e. The summed E-state index contributed by atoms with van der Waals surface area (Å²) < 4.78 is 7.90. The van der Waals surface area contributed by atoms with Gasteiger partial charge in [0.05, 0.1) is 7.11 Å².